The predicted octanol–water partition coefficient (Wildman–Crippen LogP) is 1.10. The lowest BCUT2D eigenvalue weighted by molar-refractivity contribution is -0.128. The van der Waals surface area contributed by atoms with Gasteiger partial charge >= 0.3 is 0 Å². The number of rotatable bonds is 4. The number of nitrogens with zero attached hydrogens (tertiary/aromatic N) is 1. The number of hydrazine groups is 1. The highest BCUT2D eigenvalue weighted by Gasteiger charge is 2.32. The first-order valence-corrected chi connectivity index (χ1v) is 7.61. The number of benzene rings is 1. The Morgan fingerprint density at radius 3 is 2.77 bits per heavy atom. The summed E-state index contributed by atoms with van der Waals surface area (Å²) in [5.74, 6) is -1.85. The van der Waals surface area contributed by atoms with Crippen LogP contribution < -0.4 is 16.2 Å². The number of aryl methyl sites for hydroxylation is 1. The van der Waals surface area contributed by atoms with E-state index in [4.69, 9.17) is 0 Å². The van der Waals surface area contributed by atoms with Gasteiger partial charge in [0.2, 0.25) is 5.91 Å². The maximum absolute atomic E-state index is 11.9. The van der Waals surface area contributed by atoms with Gasteiger partial charge in [0.05, 0.1) is 10.2 Å². The molecule has 2 heterocycles. The molecule has 1 fully saturated rings. The molecule has 114 valence electrons. The molecule has 1 saturated heterocycles. The third kappa shape index (κ3) is 2.91. The van der Waals surface area contributed by atoms with Crippen molar-refractivity contribution in [2.75, 3.05) is 5.32 Å². The van der Waals surface area contributed by atoms with Crippen LogP contribution in [0.5, 0.6) is 0 Å². The number of hydrogen-bond donors (Lipinski definition) is 3. The molecule has 22 heavy (non-hydrogen) atoms. The number of hydrogen-bond acceptors (Lipinski definition) is 5. The number of anilines is 1. The van der Waals surface area contributed by atoms with E-state index in [0.717, 1.165) is 15.8 Å². The fraction of sp³-hybridized carbons (Fsp3) is 0.286. The SMILES string of the molecule is Cc1ccc2nc(NC(=O)CCC3C(=O)NNC3=O)sc2c1. The molecule has 0 unspecified atom stereocenters. The summed E-state index contributed by atoms with van der Waals surface area (Å²) < 4.78 is 1.00. The molecule has 8 heteroatoms. The highest BCUT2D eigenvalue weighted by molar-refractivity contribution is 7.22. The van der Waals surface area contributed by atoms with Crippen LogP contribution in [0, 0.1) is 12.8 Å². The first-order chi connectivity index (χ1) is 10.5. The van der Waals surface area contributed by atoms with Gasteiger partial charge in [-0.3, -0.25) is 25.2 Å². The fourth-order valence-electron chi connectivity index (χ4n) is 2.22. The van der Waals surface area contributed by atoms with Gasteiger partial charge < -0.3 is 5.32 Å². The summed E-state index contributed by atoms with van der Waals surface area (Å²) in [7, 11) is 0. The molecule has 0 radical (unpaired) electrons. The van der Waals surface area contributed by atoms with Crippen molar-refractivity contribution in [3.63, 3.8) is 0 Å². The zero-order chi connectivity index (χ0) is 15.7. The number of thiazole rings is 1. The molecule has 0 atom stereocenters. The van der Waals surface area contributed by atoms with Crippen LogP contribution in [0.15, 0.2) is 18.2 Å². The van der Waals surface area contributed by atoms with Crippen LogP contribution in [0.4, 0.5) is 5.13 Å². The number of amides is 3. The summed E-state index contributed by atoms with van der Waals surface area (Å²) in [5.41, 5.74) is 6.44. The van der Waals surface area contributed by atoms with E-state index in [0.29, 0.717) is 5.13 Å². The summed E-state index contributed by atoms with van der Waals surface area (Å²) in [4.78, 5) is 39.0. The number of carbonyl (C=O) groups excluding carboxylic acids is 3. The van der Waals surface area contributed by atoms with Crippen molar-refractivity contribution >= 4 is 44.4 Å². The topological polar surface area (TPSA) is 100 Å². The molecule has 0 spiro atoms. The average molecular weight is 318 g/mol. The third-order valence-corrected chi connectivity index (χ3v) is 4.33. The molecule has 1 aromatic heterocycles. The molecule has 2 aromatic rings. The van der Waals surface area contributed by atoms with Crippen molar-refractivity contribution in [1.82, 2.24) is 15.8 Å². The second-order valence-electron chi connectivity index (χ2n) is 5.11. The summed E-state index contributed by atoms with van der Waals surface area (Å²) >= 11 is 1.40. The van der Waals surface area contributed by atoms with Crippen molar-refractivity contribution in [3.05, 3.63) is 23.8 Å². The fourth-order valence-corrected chi connectivity index (χ4v) is 3.20. The summed E-state index contributed by atoms with van der Waals surface area (Å²) in [6, 6.07) is 5.88. The Hall–Kier alpha value is -2.48. The average Bonchev–Trinajstić information content (AvgIpc) is 3.00. The van der Waals surface area contributed by atoms with E-state index in [1.54, 1.807) is 0 Å². The summed E-state index contributed by atoms with van der Waals surface area (Å²) in [6.45, 7) is 2.00. The quantitative estimate of drug-likeness (QED) is 0.735. The highest BCUT2D eigenvalue weighted by Crippen LogP contribution is 2.26. The molecule has 7 nitrogen and oxygen atoms in total. The van der Waals surface area contributed by atoms with E-state index in [1.807, 2.05) is 25.1 Å². The Morgan fingerprint density at radius 1 is 1.32 bits per heavy atom. The van der Waals surface area contributed by atoms with Crippen LogP contribution >= 0.6 is 11.3 Å². The zero-order valence-corrected chi connectivity index (χ0v) is 12.6. The largest absolute Gasteiger partial charge is 0.302 e. The second kappa shape index (κ2) is 5.72. The van der Waals surface area contributed by atoms with Gasteiger partial charge in [0.25, 0.3) is 11.8 Å². The van der Waals surface area contributed by atoms with Crippen LogP contribution in [0.2, 0.25) is 0 Å². The van der Waals surface area contributed by atoms with Gasteiger partial charge in [-0.05, 0) is 31.0 Å². The van der Waals surface area contributed by atoms with Gasteiger partial charge in [-0.25, -0.2) is 4.98 Å². The van der Waals surface area contributed by atoms with Crippen molar-refractivity contribution < 1.29 is 14.4 Å². The van der Waals surface area contributed by atoms with Crippen molar-refractivity contribution in [2.24, 2.45) is 5.92 Å². The van der Waals surface area contributed by atoms with Gasteiger partial charge in [-0.15, -0.1) is 0 Å². The second-order valence-corrected chi connectivity index (χ2v) is 6.14. The Bertz CT molecular complexity index is 755. The molecule has 0 bridgehead atoms. The normalized spacial score (nSPS) is 15.0. The van der Waals surface area contributed by atoms with Crippen LogP contribution in [0.3, 0.4) is 0 Å². The molecular weight excluding hydrogens is 304 g/mol. The minimum absolute atomic E-state index is 0.0838. The number of fused-ring (bicyclic) bond motifs is 1. The van der Waals surface area contributed by atoms with Crippen molar-refractivity contribution in [2.45, 2.75) is 19.8 Å². The van der Waals surface area contributed by atoms with Crippen molar-refractivity contribution in [3.8, 4) is 0 Å². The lowest BCUT2D eigenvalue weighted by Crippen LogP contribution is -2.28. The van der Waals surface area contributed by atoms with Gasteiger partial charge in [0, 0.05) is 6.42 Å². The predicted molar refractivity (Wildman–Crippen MR) is 82.0 cm³/mol. The Labute approximate surface area is 130 Å². The summed E-state index contributed by atoms with van der Waals surface area (Å²) in [6.07, 6.45) is 0.258. The monoisotopic (exact) mass is 318 g/mol. The first kappa shape index (κ1) is 14.5. The summed E-state index contributed by atoms with van der Waals surface area (Å²) in [5, 5.41) is 3.23. The van der Waals surface area contributed by atoms with Crippen LogP contribution in [0.25, 0.3) is 10.2 Å². The van der Waals surface area contributed by atoms with E-state index < -0.39 is 17.7 Å². The molecule has 1 aliphatic rings. The van der Waals surface area contributed by atoms with Crippen LogP contribution in [0.1, 0.15) is 18.4 Å². The van der Waals surface area contributed by atoms with E-state index in [-0.39, 0.29) is 18.7 Å². The Morgan fingerprint density at radius 2 is 2.05 bits per heavy atom. The van der Waals surface area contributed by atoms with Gasteiger partial charge in [-0.1, -0.05) is 17.4 Å². The van der Waals surface area contributed by atoms with Gasteiger partial charge in [0.1, 0.15) is 5.92 Å². The van der Waals surface area contributed by atoms with Crippen molar-refractivity contribution in [1.29, 1.82) is 0 Å². The van der Waals surface area contributed by atoms with Crippen LogP contribution in [-0.4, -0.2) is 22.7 Å². The van der Waals surface area contributed by atoms with Crippen LogP contribution in [-0.2, 0) is 14.4 Å². The maximum Gasteiger partial charge on any atom is 0.251 e. The molecule has 3 amide bonds. The molecule has 3 rings (SSSR count). The maximum atomic E-state index is 11.9. The number of aromatic nitrogens is 1. The molecule has 3 N–H and O–H groups in total. The number of nitrogens with one attached hydrogen (secondary N) is 3. The minimum atomic E-state index is -0.802. The van der Waals surface area contributed by atoms with E-state index in [1.165, 1.54) is 11.3 Å². The van der Waals surface area contributed by atoms with E-state index in [9.17, 15) is 14.4 Å². The van der Waals surface area contributed by atoms with E-state index in [2.05, 4.69) is 21.2 Å². The van der Waals surface area contributed by atoms with Gasteiger partial charge in [0.15, 0.2) is 5.13 Å². The first-order valence-electron chi connectivity index (χ1n) is 6.80. The Balaban J connectivity index is 1.61. The van der Waals surface area contributed by atoms with Gasteiger partial charge in [-0.2, -0.15) is 0 Å². The lowest BCUT2D eigenvalue weighted by Gasteiger charge is -2.03. The lowest BCUT2D eigenvalue weighted by atomic mass is 10.0. The minimum Gasteiger partial charge on any atom is -0.302 e. The smallest absolute Gasteiger partial charge is 0.251 e. The highest BCUT2D eigenvalue weighted by atomic mass is 32.1. The molecule has 0 saturated carbocycles. The molecule has 0 aliphatic carbocycles. The zero-order valence-electron chi connectivity index (χ0n) is 11.8. The number of carbonyl (C=O) groups is 3. The Kier molecular flexibility index (Phi) is 3.76. The molecule has 1 aliphatic heterocycles. The molecular formula is C14H14N4O3S. The van der Waals surface area contributed by atoms with E-state index >= 15 is 0 Å². The standard InChI is InChI=1S/C14H14N4O3S/c1-7-2-4-9-10(6-7)22-14(15-9)16-11(19)5-3-8-12(20)17-18-13(8)21/h2,4,6,8H,3,5H2,1H3,(H,17,20)(H,18,21)(H,15,16,19). The molecule has 1 aromatic carbocycles. The third-order valence-electron chi connectivity index (χ3n) is 3.39.